The Kier molecular flexibility index (Phi) is 4.37. The van der Waals surface area contributed by atoms with Crippen LogP contribution in [0.5, 0.6) is 0 Å². The van der Waals surface area contributed by atoms with E-state index in [1.54, 1.807) is 0 Å². The number of nitrogens with zero attached hydrogens (tertiary/aromatic N) is 1. The first-order chi connectivity index (χ1) is 10.1. The lowest BCUT2D eigenvalue weighted by Crippen LogP contribution is -2.37. The van der Waals surface area contributed by atoms with Gasteiger partial charge in [-0.25, -0.2) is 0 Å². The first-order valence-electron chi connectivity index (χ1n) is 8.60. The fraction of sp³-hybridized carbons (Fsp3) is 0.684. The fourth-order valence-electron chi connectivity index (χ4n) is 3.41. The van der Waals surface area contributed by atoms with E-state index < -0.39 is 0 Å². The van der Waals surface area contributed by atoms with Crippen LogP contribution < -0.4 is 5.73 Å². The lowest BCUT2D eigenvalue weighted by Gasteiger charge is -2.33. The quantitative estimate of drug-likeness (QED) is 0.827. The largest absolute Gasteiger partial charge is 0.329 e. The number of hydrogen-bond donors (Lipinski definition) is 1. The monoisotopic (exact) mass is 286 g/mol. The highest BCUT2D eigenvalue weighted by atomic mass is 15.2. The van der Waals surface area contributed by atoms with Gasteiger partial charge in [0, 0.05) is 25.7 Å². The summed E-state index contributed by atoms with van der Waals surface area (Å²) in [7, 11) is 0. The molecule has 1 aromatic rings. The van der Waals surface area contributed by atoms with Crippen molar-refractivity contribution in [1.82, 2.24) is 4.90 Å². The van der Waals surface area contributed by atoms with E-state index in [-0.39, 0.29) is 0 Å². The Morgan fingerprint density at radius 3 is 1.95 bits per heavy atom. The zero-order valence-electron chi connectivity index (χ0n) is 13.9. The van der Waals surface area contributed by atoms with Crippen LogP contribution in [0.3, 0.4) is 0 Å². The normalized spacial score (nSPS) is 20.0. The highest BCUT2D eigenvalue weighted by molar-refractivity contribution is 5.38. The molecule has 0 radical (unpaired) electrons. The van der Waals surface area contributed by atoms with Crippen molar-refractivity contribution in [3.8, 4) is 0 Å². The Morgan fingerprint density at radius 1 is 0.952 bits per heavy atom. The van der Waals surface area contributed by atoms with E-state index in [0.717, 1.165) is 18.4 Å². The Morgan fingerprint density at radius 2 is 1.48 bits per heavy atom. The van der Waals surface area contributed by atoms with E-state index in [0.29, 0.717) is 6.04 Å². The highest BCUT2D eigenvalue weighted by Crippen LogP contribution is 2.37. The molecule has 21 heavy (non-hydrogen) atoms. The lowest BCUT2D eigenvalue weighted by molar-refractivity contribution is 0.184. The van der Waals surface area contributed by atoms with Gasteiger partial charge in [0.1, 0.15) is 0 Å². The van der Waals surface area contributed by atoms with Gasteiger partial charge in [0.2, 0.25) is 0 Å². The zero-order chi connectivity index (χ0) is 15.0. The number of rotatable bonds is 7. The molecule has 0 saturated heterocycles. The van der Waals surface area contributed by atoms with Gasteiger partial charge in [0.05, 0.1) is 0 Å². The Balaban J connectivity index is 1.84. The molecule has 2 nitrogen and oxygen atoms in total. The van der Waals surface area contributed by atoms with Crippen LogP contribution in [0, 0.1) is 32.6 Å². The van der Waals surface area contributed by atoms with E-state index in [4.69, 9.17) is 5.73 Å². The minimum absolute atomic E-state index is 0.408. The van der Waals surface area contributed by atoms with Crippen molar-refractivity contribution >= 4 is 0 Å². The third-order valence-corrected chi connectivity index (χ3v) is 5.28. The molecule has 3 rings (SSSR count). The molecule has 2 aliphatic rings. The standard InChI is InChI=1S/C19H30N2/c1-13-8-15(3)18(9-14(13)2)19(10-20)21(11-16-4-5-16)12-17-6-7-17/h8-9,16-17,19H,4-7,10-12,20H2,1-3H3. The Bertz CT molecular complexity index is 487. The summed E-state index contributed by atoms with van der Waals surface area (Å²) < 4.78 is 0. The molecule has 2 heteroatoms. The maximum atomic E-state index is 6.21. The van der Waals surface area contributed by atoms with E-state index in [9.17, 15) is 0 Å². The SMILES string of the molecule is Cc1cc(C)c(C(CN)N(CC2CC2)CC2CC2)cc1C. The number of benzene rings is 1. The Labute approximate surface area is 129 Å². The topological polar surface area (TPSA) is 29.3 Å². The van der Waals surface area contributed by atoms with Gasteiger partial charge in [-0.15, -0.1) is 0 Å². The maximum Gasteiger partial charge on any atom is 0.0473 e. The van der Waals surface area contributed by atoms with Crippen LogP contribution in [0.1, 0.15) is 54.0 Å². The van der Waals surface area contributed by atoms with E-state index in [2.05, 4.69) is 37.8 Å². The summed E-state index contributed by atoms with van der Waals surface area (Å²) in [4.78, 5) is 2.70. The zero-order valence-corrected chi connectivity index (χ0v) is 13.9. The number of hydrogen-bond acceptors (Lipinski definition) is 2. The molecule has 1 atom stereocenters. The summed E-state index contributed by atoms with van der Waals surface area (Å²) in [6.07, 6.45) is 5.68. The second-order valence-electron chi connectivity index (χ2n) is 7.39. The molecule has 0 aromatic heterocycles. The van der Waals surface area contributed by atoms with Gasteiger partial charge in [-0.1, -0.05) is 12.1 Å². The van der Waals surface area contributed by atoms with Gasteiger partial charge in [0.25, 0.3) is 0 Å². The predicted octanol–water partition coefficient (Wildman–Crippen LogP) is 3.73. The van der Waals surface area contributed by atoms with E-state index >= 15 is 0 Å². The van der Waals surface area contributed by atoms with Crippen molar-refractivity contribution in [2.75, 3.05) is 19.6 Å². The molecular weight excluding hydrogens is 256 g/mol. The van der Waals surface area contributed by atoms with Crippen LogP contribution >= 0.6 is 0 Å². The van der Waals surface area contributed by atoms with E-state index in [1.807, 2.05) is 0 Å². The summed E-state index contributed by atoms with van der Waals surface area (Å²) in [5, 5.41) is 0. The van der Waals surface area contributed by atoms with Crippen molar-refractivity contribution in [2.24, 2.45) is 17.6 Å². The summed E-state index contributed by atoms with van der Waals surface area (Å²) in [5.41, 5.74) is 11.9. The van der Waals surface area contributed by atoms with Crippen molar-refractivity contribution in [2.45, 2.75) is 52.5 Å². The third kappa shape index (κ3) is 3.67. The van der Waals surface area contributed by atoms with Crippen LogP contribution in [0.25, 0.3) is 0 Å². The molecule has 0 amide bonds. The maximum absolute atomic E-state index is 6.21. The van der Waals surface area contributed by atoms with Gasteiger partial charge >= 0.3 is 0 Å². The molecule has 0 heterocycles. The van der Waals surface area contributed by atoms with Gasteiger partial charge < -0.3 is 5.73 Å². The summed E-state index contributed by atoms with van der Waals surface area (Å²) in [6, 6.07) is 5.12. The second kappa shape index (κ2) is 6.10. The lowest BCUT2D eigenvalue weighted by atomic mass is 9.94. The summed E-state index contributed by atoms with van der Waals surface area (Å²) in [5.74, 6) is 1.87. The molecule has 2 N–H and O–H groups in total. The molecule has 0 aliphatic heterocycles. The van der Waals surface area contributed by atoms with Gasteiger partial charge in [0.15, 0.2) is 0 Å². The second-order valence-corrected chi connectivity index (χ2v) is 7.39. The van der Waals surface area contributed by atoms with Crippen molar-refractivity contribution in [3.63, 3.8) is 0 Å². The minimum atomic E-state index is 0.408. The summed E-state index contributed by atoms with van der Waals surface area (Å²) >= 11 is 0. The minimum Gasteiger partial charge on any atom is -0.329 e. The third-order valence-electron chi connectivity index (χ3n) is 5.28. The van der Waals surface area contributed by atoms with Crippen LogP contribution in [0.15, 0.2) is 12.1 Å². The average molecular weight is 286 g/mol. The molecular formula is C19H30N2. The van der Waals surface area contributed by atoms with E-state index in [1.165, 1.54) is 61.0 Å². The molecule has 0 spiro atoms. The summed E-state index contributed by atoms with van der Waals surface area (Å²) in [6.45, 7) is 9.92. The first kappa shape index (κ1) is 15.1. The molecule has 2 fully saturated rings. The van der Waals surface area contributed by atoms with Crippen molar-refractivity contribution in [3.05, 3.63) is 34.4 Å². The van der Waals surface area contributed by atoms with Crippen molar-refractivity contribution in [1.29, 1.82) is 0 Å². The van der Waals surface area contributed by atoms with Gasteiger partial charge in [-0.2, -0.15) is 0 Å². The van der Waals surface area contributed by atoms with Crippen LogP contribution in [0.4, 0.5) is 0 Å². The smallest absolute Gasteiger partial charge is 0.0473 e. The number of nitrogens with two attached hydrogens (primary N) is 1. The molecule has 116 valence electrons. The molecule has 2 saturated carbocycles. The fourth-order valence-corrected chi connectivity index (χ4v) is 3.41. The van der Waals surface area contributed by atoms with Gasteiger partial charge in [-0.05, 0) is 80.5 Å². The van der Waals surface area contributed by atoms with Crippen molar-refractivity contribution < 1.29 is 0 Å². The molecule has 0 bridgehead atoms. The van der Waals surface area contributed by atoms with Gasteiger partial charge in [-0.3, -0.25) is 4.90 Å². The van der Waals surface area contributed by atoms with Crippen LogP contribution in [-0.4, -0.2) is 24.5 Å². The predicted molar refractivity (Wildman–Crippen MR) is 89.5 cm³/mol. The van der Waals surface area contributed by atoms with Crippen LogP contribution in [0.2, 0.25) is 0 Å². The average Bonchev–Trinajstić information content (AvgIpc) is 3.32. The first-order valence-corrected chi connectivity index (χ1v) is 8.60. The molecule has 1 unspecified atom stereocenters. The highest BCUT2D eigenvalue weighted by Gasteiger charge is 2.33. The van der Waals surface area contributed by atoms with Crippen LogP contribution in [-0.2, 0) is 0 Å². The Hall–Kier alpha value is -0.860. The molecule has 2 aliphatic carbocycles. The molecule has 1 aromatic carbocycles. The number of aryl methyl sites for hydroxylation is 3.